The highest BCUT2D eigenvalue weighted by Gasteiger charge is 2.30. The second-order valence-corrected chi connectivity index (χ2v) is 4.02. The average Bonchev–Trinajstić information content (AvgIpc) is 2.39. The van der Waals surface area contributed by atoms with E-state index in [9.17, 15) is 4.79 Å². The second-order valence-electron chi connectivity index (χ2n) is 4.02. The molecule has 2 aromatic carbocycles. The van der Waals surface area contributed by atoms with Crippen molar-refractivity contribution in [2.24, 2.45) is 0 Å². The molecule has 0 aliphatic carbocycles. The van der Waals surface area contributed by atoms with Crippen LogP contribution < -0.4 is 4.74 Å². The fraction of sp³-hybridized carbons (Fsp3) is 0.0667. The van der Waals surface area contributed by atoms with Crippen molar-refractivity contribution in [1.82, 2.24) is 0 Å². The quantitative estimate of drug-likeness (QED) is 0.549. The van der Waals surface area contributed by atoms with E-state index in [1.807, 2.05) is 54.6 Å². The minimum atomic E-state index is -0.241. The third kappa shape index (κ3) is 1.82. The van der Waals surface area contributed by atoms with Gasteiger partial charge < -0.3 is 4.74 Å². The van der Waals surface area contributed by atoms with Crippen LogP contribution in [-0.4, -0.2) is 5.97 Å². The second kappa shape index (κ2) is 4.06. The van der Waals surface area contributed by atoms with Gasteiger partial charge in [-0.05, 0) is 23.6 Å². The first-order chi connectivity index (χ1) is 8.34. The molecule has 2 aromatic rings. The SMILES string of the molecule is O=C1Oc2ccccc2C[C]1c1ccccc1. The van der Waals surface area contributed by atoms with Crippen LogP contribution in [0.2, 0.25) is 0 Å². The minimum Gasteiger partial charge on any atom is -0.426 e. The van der Waals surface area contributed by atoms with Crippen molar-refractivity contribution in [3.8, 4) is 5.75 Å². The van der Waals surface area contributed by atoms with Crippen molar-refractivity contribution < 1.29 is 9.53 Å². The molecule has 1 aliphatic rings. The Labute approximate surface area is 99.9 Å². The number of ether oxygens (including phenoxy) is 1. The first kappa shape index (κ1) is 10.1. The molecule has 0 fully saturated rings. The van der Waals surface area contributed by atoms with Crippen molar-refractivity contribution >= 4 is 5.97 Å². The molecule has 2 nitrogen and oxygen atoms in total. The Hall–Kier alpha value is -2.09. The summed E-state index contributed by atoms with van der Waals surface area (Å²) in [5.74, 6) is 1.16. The zero-order chi connectivity index (χ0) is 11.7. The van der Waals surface area contributed by atoms with Crippen molar-refractivity contribution in [3.63, 3.8) is 0 Å². The van der Waals surface area contributed by atoms with Gasteiger partial charge in [-0.1, -0.05) is 48.5 Å². The van der Waals surface area contributed by atoms with Gasteiger partial charge in [0.1, 0.15) is 11.7 Å². The summed E-state index contributed by atoms with van der Waals surface area (Å²) in [6.45, 7) is 0. The molecule has 0 bridgehead atoms. The van der Waals surface area contributed by atoms with Gasteiger partial charge in [-0.25, -0.2) is 0 Å². The van der Waals surface area contributed by atoms with Crippen molar-refractivity contribution in [2.75, 3.05) is 0 Å². The van der Waals surface area contributed by atoms with E-state index in [0.29, 0.717) is 12.2 Å². The molecule has 1 radical (unpaired) electrons. The van der Waals surface area contributed by atoms with Gasteiger partial charge in [-0.2, -0.15) is 0 Å². The van der Waals surface area contributed by atoms with E-state index in [4.69, 9.17) is 4.74 Å². The third-order valence-corrected chi connectivity index (χ3v) is 2.91. The molecule has 3 rings (SSSR count). The van der Waals surface area contributed by atoms with Crippen LogP contribution in [0.5, 0.6) is 5.75 Å². The van der Waals surface area contributed by atoms with Crippen LogP contribution in [-0.2, 0) is 11.2 Å². The van der Waals surface area contributed by atoms with Crippen molar-refractivity contribution in [3.05, 3.63) is 71.6 Å². The van der Waals surface area contributed by atoms with Gasteiger partial charge in [0.15, 0.2) is 0 Å². The lowest BCUT2D eigenvalue weighted by Crippen LogP contribution is -2.26. The molecule has 0 unspecified atom stereocenters. The highest BCUT2D eigenvalue weighted by molar-refractivity contribution is 5.93. The topological polar surface area (TPSA) is 26.3 Å². The number of hydrogen-bond donors (Lipinski definition) is 0. The molecule has 0 saturated heterocycles. The summed E-state index contributed by atoms with van der Waals surface area (Å²) in [6.07, 6.45) is 0.638. The third-order valence-electron chi connectivity index (χ3n) is 2.91. The Bertz CT molecular complexity index is 546. The Morgan fingerprint density at radius 1 is 0.882 bits per heavy atom. The number of fused-ring (bicyclic) bond motifs is 1. The Balaban J connectivity index is 1.98. The van der Waals surface area contributed by atoms with Gasteiger partial charge in [0.05, 0.1) is 0 Å². The lowest BCUT2D eigenvalue weighted by molar-refractivity contribution is -0.132. The fourth-order valence-corrected chi connectivity index (χ4v) is 2.03. The van der Waals surface area contributed by atoms with Crippen molar-refractivity contribution in [1.29, 1.82) is 0 Å². The minimum absolute atomic E-state index is 0.241. The predicted molar refractivity (Wildman–Crippen MR) is 64.6 cm³/mol. The van der Waals surface area contributed by atoms with Crippen LogP contribution in [0.1, 0.15) is 11.1 Å². The van der Waals surface area contributed by atoms with Gasteiger partial charge >= 0.3 is 5.97 Å². The number of carbonyl (C=O) groups excluding carboxylic acids is 1. The molecule has 2 heteroatoms. The van der Waals surface area contributed by atoms with E-state index in [1.165, 1.54) is 0 Å². The molecule has 0 N–H and O–H groups in total. The number of hydrogen-bond acceptors (Lipinski definition) is 2. The Morgan fingerprint density at radius 3 is 2.41 bits per heavy atom. The molecule has 1 heterocycles. The molecule has 17 heavy (non-hydrogen) atoms. The van der Waals surface area contributed by atoms with Crippen LogP contribution in [0.3, 0.4) is 0 Å². The monoisotopic (exact) mass is 223 g/mol. The van der Waals surface area contributed by atoms with Gasteiger partial charge in [0, 0.05) is 0 Å². The summed E-state index contributed by atoms with van der Waals surface area (Å²) in [5.41, 5.74) is 2.00. The van der Waals surface area contributed by atoms with Crippen LogP contribution in [0.4, 0.5) is 0 Å². The maximum absolute atomic E-state index is 11.9. The van der Waals surface area contributed by atoms with Gasteiger partial charge in [-0.15, -0.1) is 0 Å². The summed E-state index contributed by atoms with van der Waals surface area (Å²) in [5, 5.41) is 0. The van der Waals surface area contributed by atoms with E-state index in [1.54, 1.807) is 0 Å². The lowest BCUT2D eigenvalue weighted by atomic mass is 9.90. The van der Waals surface area contributed by atoms with Crippen LogP contribution in [0.15, 0.2) is 54.6 Å². The maximum Gasteiger partial charge on any atom is 0.323 e. The maximum atomic E-state index is 11.9. The van der Waals surface area contributed by atoms with E-state index in [2.05, 4.69) is 0 Å². The number of carbonyl (C=O) groups is 1. The highest BCUT2D eigenvalue weighted by Crippen LogP contribution is 2.32. The standard InChI is InChI=1S/C15H11O2/c16-15-13(11-6-2-1-3-7-11)10-12-8-4-5-9-14(12)17-15/h1-9H,10H2. The fourth-order valence-electron chi connectivity index (χ4n) is 2.03. The molecular weight excluding hydrogens is 212 g/mol. The number of rotatable bonds is 1. The van der Waals surface area contributed by atoms with Crippen molar-refractivity contribution in [2.45, 2.75) is 6.42 Å². The molecule has 0 amide bonds. The highest BCUT2D eigenvalue weighted by atomic mass is 16.5. The summed E-state index contributed by atoms with van der Waals surface area (Å²) in [6, 6.07) is 17.3. The van der Waals surface area contributed by atoms with E-state index >= 15 is 0 Å². The molecule has 0 atom stereocenters. The molecule has 0 spiro atoms. The van der Waals surface area contributed by atoms with Gasteiger partial charge in [-0.3, -0.25) is 4.79 Å². The van der Waals surface area contributed by atoms with E-state index < -0.39 is 0 Å². The van der Waals surface area contributed by atoms with E-state index in [0.717, 1.165) is 17.0 Å². The van der Waals surface area contributed by atoms with Crippen LogP contribution in [0, 0.1) is 5.92 Å². The average molecular weight is 223 g/mol. The summed E-state index contributed by atoms with van der Waals surface area (Å²) in [7, 11) is 0. The zero-order valence-electron chi connectivity index (χ0n) is 9.22. The zero-order valence-corrected chi connectivity index (χ0v) is 9.22. The summed E-state index contributed by atoms with van der Waals surface area (Å²) < 4.78 is 5.32. The number of benzene rings is 2. The Kier molecular flexibility index (Phi) is 2.41. The lowest BCUT2D eigenvalue weighted by Gasteiger charge is -2.22. The smallest absolute Gasteiger partial charge is 0.323 e. The molecule has 1 aliphatic heterocycles. The van der Waals surface area contributed by atoms with Crippen LogP contribution >= 0.6 is 0 Å². The summed E-state index contributed by atoms with van der Waals surface area (Å²) >= 11 is 0. The molecule has 0 aromatic heterocycles. The number of esters is 1. The normalized spacial score (nSPS) is 15.2. The Morgan fingerprint density at radius 2 is 1.59 bits per heavy atom. The van der Waals surface area contributed by atoms with Crippen LogP contribution in [0.25, 0.3) is 0 Å². The molecular formula is C15H11O2. The first-order valence-corrected chi connectivity index (χ1v) is 5.56. The van der Waals surface area contributed by atoms with Gasteiger partial charge in [0.25, 0.3) is 0 Å². The predicted octanol–water partition coefficient (Wildman–Crippen LogP) is 2.77. The largest absolute Gasteiger partial charge is 0.426 e. The number of para-hydroxylation sites is 1. The van der Waals surface area contributed by atoms with E-state index in [-0.39, 0.29) is 5.97 Å². The summed E-state index contributed by atoms with van der Waals surface area (Å²) in [4.78, 5) is 11.9. The molecule has 0 saturated carbocycles. The molecule has 83 valence electrons. The van der Waals surface area contributed by atoms with Gasteiger partial charge in [0.2, 0.25) is 0 Å². The first-order valence-electron chi connectivity index (χ1n) is 5.56.